The summed E-state index contributed by atoms with van der Waals surface area (Å²) >= 11 is 1.58. The summed E-state index contributed by atoms with van der Waals surface area (Å²) in [6.07, 6.45) is 3.10. The second-order valence-corrected chi connectivity index (χ2v) is 7.63. The molecular formula is C22H18N4O2S. The number of hydrogen-bond acceptors (Lipinski definition) is 5. The van der Waals surface area contributed by atoms with Crippen LogP contribution in [0.5, 0.6) is 0 Å². The van der Waals surface area contributed by atoms with Crippen molar-refractivity contribution in [3.8, 4) is 0 Å². The zero-order valence-electron chi connectivity index (χ0n) is 15.7. The van der Waals surface area contributed by atoms with Crippen LogP contribution in [0.4, 0.5) is 5.69 Å². The van der Waals surface area contributed by atoms with E-state index in [1.807, 2.05) is 24.3 Å². The molecule has 2 aromatic carbocycles. The lowest BCUT2D eigenvalue weighted by Gasteiger charge is -2.16. The standard InChI is InChI=1S/C22H18N4O2S/c1-26(14-20-25-18-9-2-3-10-19(18)29-20)22(28)15-6-4-8-17(12-15)24-21(27)16-7-5-11-23-13-16/h2-13H,14H2,1H3,(H,24,27). The largest absolute Gasteiger partial charge is 0.335 e. The normalized spacial score (nSPS) is 10.7. The Kier molecular flexibility index (Phi) is 5.31. The van der Waals surface area contributed by atoms with Gasteiger partial charge in [-0.1, -0.05) is 18.2 Å². The number of para-hydroxylation sites is 1. The molecule has 0 saturated carbocycles. The van der Waals surface area contributed by atoms with Crippen LogP contribution >= 0.6 is 11.3 Å². The Morgan fingerprint density at radius 3 is 2.66 bits per heavy atom. The summed E-state index contributed by atoms with van der Waals surface area (Å²) in [6.45, 7) is 0.421. The van der Waals surface area contributed by atoms with Crippen LogP contribution in [0.15, 0.2) is 73.1 Å². The Bertz CT molecular complexity index is 1140. The minimum absolute atomic E-state index is 0.137. The maximum atomic E-state index is 12.9. The van der Waals surface area contributed by atoms with Crippen molar-refractivity contribution in [2.75, 3.05) is 12.4 Å². The molecule has 29 heavy (non-hydrogen) atoms. The minimum atomic E-state index is -0.273. The number of carbonyl (C=O) groups excluding carboxylic acids is 2. The summed E-state index contributed by atoms with van der Waals surface area (Å²) in [4.78, 5) is 35.3. The first-order chi connectivity index (χ1) is 14.1. The van der Waals surface area contributed by atoms with Gasteiger partial charge in [0, 0.05) is 30.7 Å². The number of carbonyl (C=O) groups is 2. The second-order valence-electron chi connectivity index (χ2n) is 6.51. The Labute approximate surface area is 171 Å². The van der Waals surface area contributed by atoms with Crippen molar-refractivity contribution >= 4 is 39.1 Å². The zero-order chi connectivity index (χ0) is 20.2. The van der Waals surface area contributed by atoms with Crippen LogP contribution in [0.3, 0.4) is 0 Å². The molecule has 2 aromatic heterocycles. The average Bonchev–Trinajstić information content (AvgIpc) is 3.16. The molecule has 4 rings (SSSR count). The highest BCUT2D eigenvalue weighted by Crippen LogP contribution is 2.23. The van der Waals surface area contributed by atoms with Crippen molar-refractivity contribution < 1.29 is 9.59 Å². The Balaban J connectivity index is 1.46. The van der Waals surface area contributed by atoms with E-state index < -0.39 is 0 Å². The van der Waals surface area contributed by atoms with Gasteiger partial charge in [-0.15, -0.1) is 11.3 Å². The number of thiazole rings is 1. The molecule has 0 aliphatic carbocycles. The van der Waals surface area contributed by atoms with Crippen molar-refractivity contribution in [2.45, 2.75) is 6.54 Å². The van der Waals surface area contributed by atoms with Gasteiger partial charge in [0.2, 0.25) is 0 Å². The lowest BCUT2D eigenvalue weighted by atomic mass is 10.1. The number of fused-ring (bicyclic) bond motifs is 1. The molecule has 0 fully saturated rings. The van der Waals surface area contributed by atoms with Gasteiger partial charge < -0.3 is 10.2 Å². The molecule has 144 valence electrons. The Hall–Kier alpha value is -3.58. The number of aromatic nitrogens is 2. The van der Waals surface area contributed by atoms with Gasteiger partial charge in [0.25, 0.3) is 11.8 Å². The highest BCUT2D eigenvalue weighted by Gasteiger charge is 2.15. The fourth-order valence-electron chi connectivity index (χ4n) is 2.91. The van der Waals surface area contributed by atoms with E-state index in [0.717, 1.165) is 15.2 Å². The van der Waals surface area contributed by atoms with Crippen molar-refractivity contribution in [2.24, 2.45) is 0 Å². The molecule has 0 unspecified atom stereocenters. The van der Waals surface area contributed by atoms with Crippen LogP contribution in [0.25, 0.3) is 10.2 Å². The van der Waals surface area contributed by atoms with Crippen LogP contribution in [-0.4, -0.2) is 33.7 Å². The van der Waals surface area contributed by atoms with E-state index in [9.17, 15) is 9.59 Å². The summed E-state index contributed by atoms with van der Waals surface area (Å²) in [6, 6.07) is 18.2. The SMILES string of the molecule is CN(Cc1nc2ccccc2s1)C(=O)c1cccc(NC(=O)c2cccnc2)c1. The van der Waals surface area contributed by atoms with E-state index in [1.54, 1.807) is 65.9 Å². The first-order valence-corrected chi connectivity index (χ1v) is 9.83. The van der Waals surface area contributed by atoms with Gasteiger partial charge in [-0.25, -0.2) is 4.98 Å². The van der Waals surface area contributed by atoms with E-state index in [2.05, 4.69) is 15.3 Å². The van der Waals surface area contributed by atoms with Gasteiger partial charge in [0.05, 0.1) is 22.3 Å². The third-order valence-corrected chi connectivity index (χ3v) is 5.37. The molecule has 0 spiro atoms. The Morgan fingerprint density at radius 2 is 1.86 bits per heavy atom. The molecule has 6 nitrogen and oxygen atoms in total. The van der Waals surface area contributed by atoms with Gasteiger partial charge >= 0.3 is 0 Å². The molecule has 0 radical (unpaired) electrons. The third-order valence-electron chi connectivity index (χ3n) is 4.35. The number of benzene rings is 2. The van der Waals surface area contributed by atoms with Gasteiger partial charge in [-0.3, -0.25) is 14.6 Å². The fourth-order valence-corrected chi connectivity index (χ4v) is 3.93. The molecular weight excluding hydrogens is 384 g/mol. The maximum Gasteiger partial charge on any atom is 0.257 e. The van der Waals surface area contributed by atoms with Crippen LogP contribution < -0.4 is 5.32 Å². The molecule has 0 aliphatic heterocycles. The number of pyridine rings is 1. The monoisotopic (exact) mass is 402 g/mol. The lowest BCUT2D eigenvalue weighted by molar-refractivity contribution is 0.0784. The first-order valence-electron chi connectivity index (χ1n) is 9.01. The summed E-state index contributed by atoms with van der Waals surface area (Å²) in [7, 11) is 1.75. The Morgan fingerprint density at radius 1 is 1.03 bits per heavy atom. The molecule has 0 bridgehead atoms. The summed E-state index contributed by atoms with van der Waals surface area (Å²) in [5.41, 5.74) is 2.45. The van der Waals surface area contributed by atoms with Gasteiger partial charge in [-0.05, 0) is 42.5 Å². The number of rotatable bonds is 5. The second kappa shape index (κ2) is 8.20. The average molecular weight is 402 g/mol. The van der Waals surface area contributed by atoms with E-state index in [1.165, 1.54) is 6.20 Å². The van der Waals surface area contributed by atoms with E-state index >= 15 is 0 Å². The molecule has 0 aliphatic rings. The topological polar surface area (TPSA) is 75.2 Å². The van der Waals surface area contributed by atoms with Gasteiger partial charge in [-0.2, -0.15) is 0 Å². The van der Waals surface area contributed by atoms with Crippen LogP contribution in [0.2, 0.25) is 0 Å². The highest BCUT2D eigenvalue weighted by atomic mass is 32.1. The lowest BCUT2D eigenvalue weighted by Crippen LogP contribution is -2.26. The molecule has 0 atom stereocenters. The van der Waals surface area contributed by atoms with E-state index in [4.69, 9.17) is 0 Å². The van der Waals surface area contributed by atoms with Gasteiger partial charge in [0.1, 0.15) is 5.01 Å². The van der Waals surface area contributed by atoms with Gasteiger partial charge in [0.15, 0.2) is 0 Å². The number of nitrogens with zero attached hydrogens (tertiary/aromatic N) is 3. The van der Waals surface area contributed by atoms with Crippen LogP contribution in [0.1, 0.15) is 25.7 Å². The van der Waals surface area contributed by atoms with Crippen LogP contribution in [-0.2, 0) is 6.54 Å². The smallest absolute Gasteiger partial charge is 0.257 e. The molecule has 4 aromatic rings. The number of hydrogen-bond donors (Lipinski definition) is 1. The quantitative estimate of drug-likeness (QED) is 0.542. The summed E-state index contributed by atoms with van der Waals surface area (Å²) in [5.74, 6) is -0.410. The molecule has 0 saturated heterocycles. The summed E-state index contributed by atoms with van der Waals surface area (Å²) in [5, 5.41) is 3.68. The first kappa shape index (κ1) is 18.8. The number of anilines is 1. The minimum Gasteiger partial charge on any atom is -0.335 e. The number of nitrogens with one attached hydrogen (secondary N) is 1. The van der Waals surface area contributed by atoms with E-state index in [0.29, 0.717) is 23.4 Å². The molecule has 1 N–H and O–H groups in total. The molecule has 2 amide bonds. The van der Waals surface area contributed by atoms with E-state index in [-0.39, 0.29) is 11.8 Å². The number of amides is 2. The zero-order valence-corrected chi connectivity index (χ0v) is 16.5. The van der Waals surface area contributed by atoms with Crippen molar-refractivity contribution in [1.82, 2.24) is 14.9 Å². The predicted octanol–water partition coefficient (Wildman–Crippen LogP) is 4.22. The third kappa shape index (κ3) is 4.30. The van der Waals surface area contributed by atoms with Crippen molar-refractivity contribution in [3.05, 3.63) is 89.2 Å². The van der Waals surface area contributed by atoms with Crippen molar-refractivity contribution in [1.29, 1.82) is 0 Å². The fraction of sp³-hybridized carbons (Fsp3) is 0.0909. The predicted molar refractivity (Wildman–Crippen MR) is 114 cm³/mol. The van der Waals surface area contributed by atoms with Crippen LogP contribution in [0, 0.1) is 0 Å². The summed E-state index contributed by atoms with van der Waals surface area (Å²) < 4.78 is 1.10. The molecule has 7 heteroatoms. The maximum absolute atomic E-state index is 12.9. The van der Waals surface area contributed by atoms with Crippen molar-refractivity contribution in [3.63, 3.8) is 0 Å². The highest BCUT2D eigenvalue weighted by molar-refractivity contribution is 7.18. The molecule has 2 heterocycles.